The Labute approximate surface area is 99.9 Å². The molecule has 0 saturated carbocycles. The van der Waals surface area contributed by atoms with Crippen LogP contribution < -0.4 is 5.31 Å². The van der Waals surface area contributed by atoms with Gasteiger partial charge in [0.15, 0.2) is 1.41 Å². The minimum atomic E-state index is -0.490. The summed E-state index contributed by atoms with van der Waals surface area (Å²) in [5, 5.41) is 0.664. The number of nitrogens with one attached hydrogen (secondary N) is 1. The van der Waals surface area contributed by atoms with Gasteiger partial charge in [0, 0.05) is 9.79 Å². The maximum Gasteiger partial charge on any atom is 0.167 e. The number of hydrogen-bond acceptors (Lipinski definition) is 2. The Morgan fingerprint density at radius 2 is 1.43 bits per heavy atom. The normalized spacial score (nSPS) is 22.3. The molecule has 0 amide bonds. The fourth-order valence-electron chi connectivity index (χ4n) is 1.11. The molecule has 0 spiro atoms. The van der Waals surface area contributed by atoms with E-state index in [1.54, 1.807) is 0 Å². The number of rotatable bonds is 0. The highest BCUT2D eigenvalue weighted by molar-refractivity contribution is 7.99. The second-order valence-electron chi connectivity index (χ2n) is 2.57. The molecule has 0 unspecified atom stereocenters. The first kappa shape index (κ1) is 3.04. The standard InChI is InChI=1S/C12H9NS/c1-3-7-11-9(5-1)13-10-6-2-4-8-12(10)14-11/h1-8,13H/i1D,2D,3D,4D,5D,6D,7D,8D/hD. The van der Waals surface area contributed by atoms with Gasteiger partial charge in [0.1, 0.15) is 0 Å². The number of anilines is 2. The van der Waals surface area contributed by atoms with Crippen LogP contribution in [-0.4, -0.2) is 0 Å². The lowest BCUT2D eigenvalue weighted by atomic mass is 10.2. The van der Waals surface area contributed by atoms with Crippen LogP contribution in [0.3, 0.4) is 0 Å². The van der Waals surface area contributed by atoms with Crippen LogP contribution in [-0.2, 0) is 0 Å². The van der Waals surface area contributed by atoms with Gasteiger partial charge in [-0.1, -0.05) is 35.9 Å². The molecule has 0 atom stereocenters. The van der Waals surface area contributed by atoms with Crippen LogP contribution in [0.15, 0.2) is 58.1 Å². The Morgan fingerprint density at radius 3 is 2.00 bits per heavy atom. The van der Waals surface area contributed by atoms with Crippen LogP contribution in [0, 0.1) is 0 Å². The lowest BCUT2D eigenvalue weighted by molar-refractivity contribution is 1.32. The van der Waals surface area contributed by atoms with Crippen molar-refractivity contribution in [1.29, 1.82) is 0 Å². The quantitative estimate of drug-likeness (QED) is 0.705. The van der Waals surface area contributed by atoms with Crippen molar-refractivity contribution < 1.29 is 12.4 Å². The topological polar surface area (TPSA) is 12.0 Å². The molecule has 1 nitrogen and oxygen atoms in total. The van der Waals surface area contributed by atoms with E-state index >= 15 is 0 Å². The molecule has 0 bridgehead atoms. The Balaban J connectivity index is 2.40. The molecule has 1 aliphatic rings. The lowest BCUT2D eigenvalue weighted by Crippen LogP contribution is -1.98. The molecule has 0 aromatic heterocycles. The minimum Gasteiger partial charge on any atom is -0.354 e. The maximum atomic E-state index is 8.17. The fraction of sp³-hybridized carbons (Fsp3) is 0. The average molecular weight is 208 g/mol. The Morgan fingerprint density at radius 1 is 0.929 bits per heavy atom. The summed E-state index contributed by atoms with van der Waals surface area (Å²) in [7, 11) is 0. The van der Waals surface area contributed by atoms with Crippen LogP contribution >= 0.6 is 11.8 Å². The molecule has 2 aromatic rings. The predicted molar refractivity (Wildman–Crippen MR) is 60.3 cm³/mol. The Kier molecular flexibility index (Phi) is 0.666. The summed E-state index contributed by atoms with van der Waals surface area (Å²) in [6.45, 7) is 0. The fourth-order valence-corrected chi connectivity index (χ4v) is 1.90. The van der Waals surface area contributed by atoms with Gasteiger partial charge in [-0.3, -0.25) is 0 Å². The van der Waals surface area contributed by atoms with Crippen molar-refractivity contribution in [3.63, 3.8) is 0 Å². The van der Waals surface area contributed by atoms with Gasteiger partial charge in [-0.25, -0.2) is 0 Å². The lowest BCUT2D eigenvalue weighted by Gasteiger charge is -2.19. The monoisotopic (exact) mass is 208 g/mol. The van der Waals surface area contributed by atoms with Crippen molar-refractivity contribution in [3.8, 4) is 0 Å². The van der Waals surface area contributed by atoms with Crippen molar-refractivity contribution >= 4 is 23.1 Å². The highest BCUT2D eigenvalue weighted by atomic mass is 32.2. The van der Waals surface area contributed by atoms with E-state index in [2.05, 4.69) is 0 Å². The number of fused-ring (bicyclic) bond motifs is 2. The summed E-state index contributed by atoms with van der Waals surface area (Å²) in [4.78, 5) is 0.145. The minimum absolute atomic E-state index is 0.0727. The molecule has 1 N–H and O–H groups in total. The number of hydrogen-bond donors (Lipinski definition) is 1. The molecule has 0 saturated heterocycles. The first-order valence-electron chi connectivity index (χ1n) is 8.30. The van der Waals surface area contributed by atoms with E-state index in [1.165, 1.54) is 0 Å². The number of benzene rings is 2. The van der Waals surface area contributed by atoms with Crippen molar-refractivity contribution in [2.45, 2.75) is 9.79 Å². The maximum absolute atomic E-state index is 8.17. The summed E-state index contributed by atoms with van der Waals surface area (Å²) in [5.41, 5.74) is -0.225. The molecule has 0 fully saturated rings. The zero-order valence-electron chi connectivity index (χ0n) is 15.9. The third kappa shape index (κ3) is 1.19. The summed E-state index contributed by atoms with van der Waals surface area (Å²) in [6, 6.07) is -3.37. The zero-order valence-corrected chi connectivity index (χ0v) is 7.67. The smallest absolute Gasteiger partial charge is 0.167 e. The summed E-state index contributed by atoms with van der Waals surface area (Å²) in [5.74, 6) is 0. The molecule has 2 heteroatoms. The van der Waals surface area contributed by atoms with E-state index in [9.17, 15) is 0 Å². The third-order valence-corrected chi connectivity index (χ3v) is 2.70. The average Bonchev–Trinajstić information content (AvgIpc) is 2.53. The third-order valence-electron chi connectivity index (χ3n) is 1.70. The first-order chi connectivity index (χ1) is 10.7. The van der Waals surface area contributed by atoms with Gasteiger partial charge >= 0.3 is 0 Å². The van der Waals surface area contributed by atoms with Gasteiger partial charge in [-0.2, -0.15) is 0 Å². The second-order valence-corrected chi connectivity index (χ2v) is 3.59. The molecule has 14 heavy (non-hydrogen) atoms. The highest BCUT2D eigenvalue weighted by Gasteiger charge is 2.13. The Hall–Kier alpha value is -1.41. The summed E-state index contributed by atoms with van der Waals surface area (Å²) >= 11 is 0.830. The van der Waals surface area contributed by atoms with Gasteiger partial charge in [-0.15, -0.1) is 0 Å². The van der Waals surface area contributed by atoms with Gasteiger partial charge in [-0.05, 0) is 24.2 Å². The van der Waals surface area contributed by atoms with Gasteiger partial charge in [0.2, 0.25) is 0 Å². The molecule has 1 aliphatic heterocycles. The molecule has 0 aliphatic carbocycles. The summed E-state index contributed by atoms with van der Waals surface area (Å²) < 4.78 is 70.8. The zero-order chi connectivity index (χ0) is 17.2. The van der Waals surface area contributed by atoms with Gasteiger partial charge in [0.25, 0.3) is 0 Å². The molecular weight excluding hydrogens is 190 g/mol. The van der Waals surface area contributed by atoms with Crippen molar-refractivity contribution in [3.05, 3.63) is 48.3 Å². The first-order valence-corrected chi connectivity index (χ1v) is 4.67. The van der Waals surface area contributed by atoms with E-state index in [0.29, 0.717) is 5.31 Å². The van der Waals surface area contributed by atoms with Gasteiger partial charge in [0.05, 0.1) is 22.3 Å². The number of para-hydroxylation sites is 2. The molecule has 68 valence electrons. The van der Waals surface area contributed by atoms with E-state index in [1.807, 2.05) is 0 Å². The van der Waals surface area contributed by atoms with Crippen LogP contribution in [0.5, 0.6) is 0 Å². The molecule has 2 aromatic carbocycles. The molecule has 1 heterocycles. The predicted octanol–water partition coefficient (Wildman–Crippen LogP) is 3.89. The molecule has 3 rings (SSSR count). The van der Waals surface area contributed by atoms with Gasteiger partial charge < -0.3 is 5.31 Å². The summed E-state index contributed by atoms with van der Waals surface area (Å²) in [6.07, 6.45) is 0. The second kappa shape index (κ2) is 3.07. The van der Waals surface area contributed by atoms with E-state index in [-0.39, 0.29) is 33.3 Å². The van der Waals surface area contributed by atoms with E-state index < -0.39 is 36.3 Å². The highest BCUT2D eigenvalue weighted by Crippen LogP contribution is 2.43. The van der Waals surface area contributed by atoms with Crippen molar-refractivity contribution in [2.75, 3.05) is 5.31 Å². The van der Waals surface area contributed by atoms with Crippen LogP contribution in [0.1, 0.15) is 11.0 Å². The van der Waals surface area contributed by atoms with Crippen LogP contribution in [0.2, 0.25) is 1.41 Å². The van der Waals surface area contributed by atoms with Crippen LogP contribution in [0.25, 0.3) is 0 Å². The van der Waals surface area contributed by atoms with E-state index in [0.717, 1.165) is 11.8 Å². The van der Waals surface area contributed by atoms with Crippen molar-refractivity contribution in [2.24, 2.45) is 0 Å². The van der Waals surface area contributed by atoms with Crippen molar-refractivity contribution in [1.82, 2.24) is 0 Å². The SMILES string of the molecule is [2H]c1c([2H])c([2H])c2c(c1[2H])Sc1c([2H])c([2H])c([2H])c([2H])c1N2[2H]. The largest absolute Gasteiger partial charge is 0.354 e. The Bertz CT molecular complexity index is 798. The van der Waals surface area contributed by atoms with Crippen LogP contribution in [0.4, 0.5) is 11.4 Å². The van der Waals surface area contributed by atoms with E-state index in [4.69, 9.17) is 12.4 Å². The molecular formula is C12H9NS. The molecule has 0 radical (unpaired) electrons.